The molecule has 0 spiro atoms. The van der Waals surface area contributed by atoms with Gasteiger partial charge in [0.05, 0.1) is 0 Å². The van der Waals surface area contributed by atoms with Crippen LogP contribution in [0.2, 0.25) is 0 Å². The minimum absolute atomic E-state index is 0. The van der Waals surface area contributed by atoms with E-state index in [1.165, 1.54) is 0 Å². The van der Waals surface area contributed by atoms with Gasteiger partial charge >= 0.3 is 0 Å². The van der Waals surface area contributed by atoms with Crippen molar-refractivity contribution in [2.75, 3.05) is 19.8 Å². The SMILES string of the molecule is Cl.NCC[C@H](N)c1cccc2c1OCCO2. The van der Waals surface area contributed by atoms with Crippen LogP contribution in [0.5, 0.6) is 11.5 Å². The molecule has 5 heteroatoms. The number of halogens is 1. The lowest BCUT2D eigenvalue weighted by Gasteiger charge is -2.23. The van der Waals surface area contributed by atoms with Crippen LogP contribution in [-0.4, -0.2) is 19.8 Å². The van der Waals surface area contributed by atoms with Crippen molar-refractivity contribution in [1.29, 1.82) is 0 Å². The summed E-state index contributed by atoms with van der Waals surface area (Å²) in [5.41, 5.74) is 12.5. The highest BCUT2D eigenvalue weighted by Crippen LogP contribution is 2.36. The van der Waals surface area contributed by atoms with Crippen molar-refractivity contribution in [2.24, 2.45) is 11.5 Å². The molecule has 4 N–H and O–H groups in total. The first-order valence-corrected chi connectivity index (χ1v) is 5.17. The van der Waals surface area contributed by atoms with Crippen molar-refractivity contribution in [2.45, 2.75) is 12.5 Å². The van der Waals surface area contributed by atoms with Gasteiger partial charge in [0.25, 0.3) is 0 Å². The van der Waals surface area contributed by atoms with Crippen molar-refractivity contribution >= 4 is 12.4 Å². The Morgan fingerprint density at radius 1 is 1.25 bits per heavy atom. The van der Waals surface area contributed by atoms with Crippen LogP contribution >= 0.6 is 12.4 Å². The Kier molecular flexibility index (Phi) is 4.86. The zero-order chi connectivity index (χ0) is 10.7. The third-order valence-electron chi connectivity index (χ3n) is 2.47. The fraction of sp³-hybridized carbons (Fsp3) is 0.455. The zero-order valence-electron chi connectivity index (χ0n) is 9.02. The lowest BCUT2D eigenvalue weighted by molar-refractivity contribution is 0.169. The number of para-hydroxylation sites is 1. The molecule has 4 nitrogen and oxygen atoms in total. The van der Waals surface area contributed by atoms with Crippen molar-refractivity contribution in [3.63, 3.8) is 0 Å². The van der Waals surface area contributed by atoms with Gasteiger partial charge in [0, 0.05) is 11.6 Å². The molecule has 0 bridgehead atoms. The minimum atomic E-state index is -0.0772. The van der Waals surface area contributed by atoms with Gasteiger partial charge in [0.1, 0.15) is 13.2 Å². The summed E-state index contributed by atoms with van der Waals surface area (Å²) in [4.78, 5) is 0. The van der Waals surface area contributed by atoms with Crippen LogP contribution in [-0.2, 0) is 0 Å². The second-order valence-electron chi connectivity index (χ2n) is 3.56. The maximum absolute atomic E-state index is 6.01. The summed E-state index contributed by atoms with van der Waals surface area (Å²) in [6.45, 7) is 1.76. The molecule has 1 aromatic carbocycles. The van der Waals surface area contributed by atoms with E-state index in [4.69, 9.17) is 20.9 Å². The highest BCUT2D eigenvalue weighted by Gasteiger charge is 2.18. The van der Waals surface area contributed by atoms with Crippen molar-refractivity contribution in [3.8, 4) is 11.5 Å². The van der Waals surface area contributed by atoms with Gasteiger partial charge in [-0.2, -0.15) is 0 Å². The molecule has 0 radical (unpaired) electrons. The van der Waals surface area contributed by atoms with Crippen molar-refractivity contribution in [3.05, 3.63) is 23.8 Å². The van der Waals surface area contributed by atoms with Crippen LogP contribution in [0.3, 0.4) is 0 Å². The van der Waals surface area contributed by atoms with Crippen LogP contribution in [0, 0.1) is 0 Å². The predicted molar refractivity (Wildman–Crippen MR) is 65.3 cm³/mol. The van der Waals surface area contributed by atoms with Crippen molar-refractivity contribution in [1.82, 2.24) is 0 Å². The number of fused-ring (bicyclic) bond motifs is 1. The normalized spacial score (nSPS) is 15.1. The first-order chi connectivity index (χ1) is 7.33. The second kappa shape index (κ2) is 5.94. The molecule has 1 aliphatic heterocycles. The van der Waals surface area contributed by atoms with Crippen LogP contribution in [0.1, 0.15) is 18.0 Å². The van der Waals surface area contributed by atoms with Crippen LogP contribution in [0.25, 0.3) is 0 Å². The van der Waals surface area contributed by atoms with E-state index >= 15 is 0 Å². The summed E-state index contributed by atoms with van der Waals surface area (Å²) in [5.74, 6) is 1.57. The molecular formula is C11H17ClN2O2. The van der Waals surface area contributed by atoms with Crippen LogP contribution < -0.4 is 20.9 Å². The fourth-order valence-electron chi connectivity index (χ4n) is 1.72. The highest BCUT2D eigenvalue weighted by atomic mass is 35.5. The third kappa shape index (κ3) is 2.58. The molecule has 1 atom stereocenters. The lowest BCUT2D eigenvalue weighted by atomic mass is 10.0. The monoisotopic (exact) mass is 244 g/mol. The predicted octanol–water partition coefficient (Wildman–Crippen LogP) is 1.23. The number of hydrogen-bond donors (Lipinski definition) is 2. The van der Waals surface area contributed by atoms with E-state index in [0.717, 1.165) is 23.5 Å². The van der Waals surface area contributed by atoms with Crippen LogP contribution in [0.15, 0.2) is 18.2 Å². The molecule has 1 aliphatic rings. The Labute approximate surface area is 101 Å². The number of hydrogen-bond acceptors (Lipinski definition) is 4. The molecule has 0 unspecified atom stereocenters. The van der Waals surface area contributed by atoms with E-state index in [2.05, 4.69) is 0 Å². The molecule has 16 heavy (non-hydrogen) atoms. The summed E-state index contributed by atoms with van der Waals surface area (Å²) in [5, 5.41) is 0. The van der Waals surface area contributed by atoms with E-state index in [-0.39, 0.29) is 18.4 Å². The van der Waals surface area contributed by atoms with Gasteiger partial charge in [0.2, 0.25) is 0 Å². The first-order valence-electron chi connectivity index (χ1n) is 5.17. The number of ether oxygens (including phenoxy) is 2. The van der Waals surface area contributed by atoms with Gasteiger partial charge in [-0.15, -0.1) is 12.4 Å². The Hall–Kier alpha value is -0.970. The largest absolute Gasteiger partial charge is 0.486 e. The average molecular weight is 245 g/mol. The summed E-state index contributed by atoms with van der Waals surface area (Å²) in [7, 11) is 0. The molecule has 0 aliphatic carbocycles. The first kappa shape index (κ1) is 13.1. The van der Waals surface area contributed by atoms with E-state index in [0.29, 0.717) is 19.8 Å². The molecule has 1 aromatic rings. The quantitative estimate of drug-likeness (QED) is 0.839. The summed E-state index contributed by atoms with van der Waals surface area (Å²) in [6.07, 6.45) is 0.750. The van der Waals surface area contributed by atoms with Gasteiger partial charge < -0.3 is 20.9 Å². The number of rotatable bonds is 3. The molecule has 1 heterocycles. The maximum Gasteiger partial charge on any atom is 0.166 e. The van der Waals surface area contributed by atoms with Crippen LogP contribution in [0.4, 0.5) is 0 Å². The Bertz CT molecular complexity index is 347. The lowest BCUT2D eigenvalue weighted by Crippen LogP contribution is -2.20. The zero-order valence-corrected chi connectivity index (χ0v) is 9.83. The smallest absolute Gasteiger partial charge is 0.166 e. The second-order valence-corrected chi connectivity index (χ2v) is 3.56. The third-order valence-corrected chi connectivity index (χ3v) is 2.47. The summed E-state index contributed by atoms with van der Waals surface area (Å²) in [6, 6.07) is 5.71. The van der Waals surface area contributed by atoms with Gasteiger partial charge in [-0.3, -0.25) is 0 Å². The van der Waals surface area contributed by atoms with E-state index in [1.807, 2.05) is 18.2 Å². The fourth-order valence-corrected chi connectivity index (χ4v) is 1.72. The molecule has 2 rings (SSSR count). The summed E-state index contributed by atoms with van der Waals surface area (Å²) >= 11 is 0. The molecule has 0 saturated heterocycles. The highest BCUT2D eigenvalue weighted by molar-refractivity contribution is 5.85. The Balaban J connectivity index is 0.00000128. The number of nitrogens with two attached hydrogens (primary N) is 2. The topological polar surface area (TPSA) is 70.5 Å². The number of benzene rings is 1. The Morgan fingerprint density at radius 3 is 2.75 bits per heavy atom. The molecule has 90 valence electrons. The van der Waals surface area contributed by atoms with Gasteiger partial charge in [-0.25, -0.2) is 0 Å². The molecule has 0 saturated carbocycles. The Morgan fingerprint density at radius 2 is 2.00 bits per heavy atom. The molecule has 0 fully saturated rings. The van der Waals surface area contributed by atoms with E-state index < -0.39 is 0 Å². The van der Waals surface area contributed by atoms with Gasteiger partial charge in [0.15, 0.2) is 11.5 Å². The molecular weight excluding hydrogens is 228 g/mol. The van der Waals surface area contributed by atoms with Crippen molar-refractivity contribution < 1.29 is 9.47 Å². The standard InChI is InChI=1S/C11H16N2O2.ClH/c12-5-4-9(13)8-2-1-3-10-11(8)15-7-6-14-10;/h1-3,9H,4-7,12-13H2;1H/t9-;/m0./s1. The molecule has 0 aromatic heterocycles. The minimum Gasteiger partial charge on any atom is -0.486 e. The summed E-state index contributed by atoms with van der Waals surface area (Å²) < 4.78 is 11.1. The van der Waals surface area contributed by atoms with E-state index in [1.54, 1.807) is 0 Å². The van der Waals surface area contributed by atoms with E-state index in [9.17, 15) is 0 Å². The van der Waals surface area contributed by atoms with Gasteiger partial charge in [-0.1, -0.05) is 12.1 Å². The average Bonchev–Trinajstić information content (AvgIpc) is 2.28. The maximum atomic E-state index is 6.01. The van der Waals surface area contributed by atoms with Gasteiger partial charge in [-0.05, 0) is 19.0 Å². The molecule has 0 amide bonds.